The van der Waals surface area contributed by atoms with E-state index in [0.717, 1.165) is 18.4 Å². The Morgan fingerprint density at radius 3 is 2.65 bits per heavy atom. The highest BCUT2D eigenvalue weighted by Gasteiger charge is 2.22. The molecule has 2 heteroatoms. The predicted molar refractivity (Wildman–Crippen MR) is 109 cm³/mol. The summed E-state index contributed by atoms with van der Waals surface area (Å²) in [6.45, 7) is 4.25. The number of carbonyl (C=O) groups excluding carboxylic acids is 1. The molecule has 0 saturated carbocycles. The molecule has 1 aliphatic carbocycles. The first-order valence-electron chi connectivity index (χ1n) is 10.2. The fourth-order valence-electron chi connectivity index (χ4n) is 3.84. The third-order valence-electron chi connectivity index (χ3n) is 5.21. The van der Waals surface area contributed by atoms with Crippen LogP contribution in [0.15, 0.2) is 36.4 Å². The first kappa shape index (κ1) is 18.7. The molecule has 0 N–H and O–H groups in total. The van der Waals surface area contributed by atoms with Crippen LogP contribution in [-0.2, 0) is 16.0 Å². The SMILES string of the molecule is CCCCCCCc1ccc2cccc3c2c1C=CC3OC(=O)CCC. The second-order valence-electron chi connectivity index (χ2n) is 7.27. The first-order chi connectivity index (χ1) is 12.7. The average Bonchev–Trinajstić information content (AvgIpc) is 2.65. The zero-order valence-electron chi connectivity index (χ0n) is 16.1. The molecule has 2 aromatic carbocycles. The lowest BCUT2D eigenvalue weighted by molar-refractivity contribution is -0.147. The number of benzene rings is 2. The van der Waals surface area contributed by atoms with Crippen LogP contribution < -0.4 is 0 Å². The van der Waals surface area contributed by atoms with Crippen molar-refractivity contribution in [1.29, 1.82) is 0 Å². The number of aryl methyl sites for hydroxylation is 1. The largest absolute Gasteiger partial charge is 0.453 e. The molecule has 0 spiro atoms. The van der Waals surface area contributed by atoms with Crippen molar-refractivity contribution in [3.05, 3.63) is 53.1 Å². The highest BCUT2D eigenvalue weighted by molar-refractivity contribution is 5.97. The van der Waals surface area contributed by atoms with Crippen LogP contribution in [0.25, 0.3) is 16.8 Å². The van der Waals surface area contributed by atoms with Gasteiger partial charge in [-0.25, -0.2) is 0 Å². The average molecular weight is 351 g/mol. The van der Waals surface area contributed by atoms with Crippen molar-refractivity contribution in [1.82, 2.24) is 0 Å². The van der Waals surface area contributed by atoms with Gasteiger partial charge < -0.3 is 4.74 Å². The summed E-state index contributed by atoms with van der Waals surface area (Å²) in [7, 11) is 0. The molecule has 2 aromatic rings. The predicted octanol–water partition coefficient (Wildman–Crippen LogP) is 6.76. The van der Waals surface area contributed by atoms with Gasteiger partial charge in [-0.3, -0.25) is 4.79 Å². The van der Waals surface area contributed by atoms with Gasteiger partial charge >= 0.3 is 5.97 Å². The molecule has 0 aromatic heterocycles. The fraction of sp³-hybridized carbons (Fsp3) is 0.458. The zero-order chi connectivity index (χ0) is 18.4. The standard InChI is InChI=1S/C24H30O2/c1-3-5-6-7-8-11-18-14-15-19-12-9-13-21-22(26-23(25)10-4-2)17-16-20(18)24(19)21/h9,12-17,22H,3-8,10-11H2,1-2H3. The molecule has 138 valence electrons. The Morgan fingerprint density at radius 2 is 1.85 bits per heavy atom. The van der Waals surface area contributed by atoms with Crippen LogP contribution in [0.4, 0.5) is 0 Å². The molecular weight excluding hydrogens is 320 g/mol. The zero-order valence-corrected chi connectivity index (χ0v) is 16.1. The van der Waals surface area contributed by atoms with E-state index in [1.165, 1.54) is 54.0 Å². The van der Waals surface area contributed by atoms with E-state index in [9.17, 15) is 4.79 Å². The molecule has 0 amide bonds. The summed E-state index contributed by atoms with van der Waals surface area (Å²) in [4.78, 5) is 12.0. The molecule has 3 rings (SSSR count). The third-order valence-corrected chi connectivity index (χ3v) is 5.21. The van der Waals surface area contributed by atoms with Gasteiger partial charge in [-0.2, -0.15) is 0 Å². The normalized spacial score (nSPS) is 15.4. The van der Waals surface area contributed by atoms with E-state index in [4.69, 9.17) is 4.74 Å². The van der Waals surface area contributed by atoms with Gasteiger partial charge in [-0.05, 0) is 47.2 Å². The van der Waals surface area contributed by atoms with E-state index in [-0.39, 0.29) is 12.1 Å². The maximum atomic E-state index is 12.0. The Balaban J connectivity index is 1.84. The van der Waals surface area contributed by atoms with Gasteiger partial charge in [0, 0.05) is 12.0 Å². The van der Waals surface area contributed by atoms with Gasteiger partial charge in [-0.1, -0.05) is 75.9 Å². The minimum absolute atomic E-state index is 0.116. The van der Waals surface area contributed by atoms with Crippen molar-refractivity contribution in [3.63, 3.8) is 0 Å². The minimum Gasteiger partial charge on any atom is -0.453 e. The van der Waals surface area contributed by atoms with Crippen LogP contribution >= 0.6 is 0 Å². The molecule has 0 fully saturated rings. The van der Waals surface area contributed by atoms with Crippen LogP contribution in [-0.4, -0.2) is 5.97 Å². The van der Waals surface area contributed by atoms with Crippen molar-refractivity contribution < 1.29 is 9.53 Å². The summed E-state index contributed by atoms with van der Waals surface area (Å²) in [6.07, 6.45) is 12.9. The summed E-state index contributed by atoms with van der Waals surface area (Å²) in [6, 6.07) is 10.8. The summed E-state index contributed by atoms with van der Waals surface area (Å²) in [5, 5.41) is 2.49. The van der Waals surface area contributed by atoms with E-state index < -0.39 is 0 Å². The fourth-order valence-corrected chi connectivity index (χ4v) is 3.84. The molecule has 26 heavy (non-hydrogen) atoms. The Morgan fingerprint density at radius 1 is 1.00 bits per heavy atom. The van der Waals surface area contributed by atoms with E-state index in [0.29, 0.717) is 6.42 Å². The highest BCUT2D eigenvalue weighted by Crippen LogP contribution is 2.37. The van der Waals surface area contributed by atoms with E-state index >= 15 is 0 Å². The molecule has 0 radical (unpaired) electrons. The lowest BCUT2D eigenvalue weighted by Gasteiger charge is -2.23. The molecule has 2 nitrogen and oxygen atoms in total. The molecule has 1 unspecified atom stereocenters. The summed E-state index contributed by atoms with van der Waals surface area (Å²) < 4.78 is 5.72. The van der Waals surface area contributed by atoms with Crippen molar-refractivity contribution in [3.8, 4) is 0 Å². The second-order valence-corrected chi connectivity index (χ2v) is 7.27. The number of hydrogen-bond donors (Lipinski definition) is 0. The number of ether oxygens (including phenoxy) is 1. The molecule has 1 aliphatic rings. The van der Waals surface area contributed by atoms with Gasteiger partial charge in [-0.15, -0.1) is 0 Å². The number of hydrogen-bond acceptors (Lipinski definition) is 2. The van der Waals surface area contributed by atoms with Crippen LogP contribution in [0.3, 0.4) is 0 Å². The number of rotatable bonds is 9. The van der Waals surface area contributed by atoms with Gasteiger partial charge in [0.25, 0.3) is 0 Å². The Bertz CT molecular complexity index is 788. The van der Waals surface area contributed by atoms with E-state index in [1.54, 1.807) is 0 Å². The Kier molecular flexibility index (Phi) is 6.49. The summed E-state index contributed by atoms with van der Waals surface area (Å²) >= 11 is 0. The number of carbonyl (C=O) groups is 1. The van der Waals surface area contributed by atoms with Crippen molar-refractivity contribution in [2.75, 3.05) is 0 Å². The minimum atomic E-state index is -0.259. The Labute approximate surface area is 157 Å². The lowest BCUT2D eigenvalue weighted by atomic mass is 9.87. The van der Waals surface area contributed by atoms with Gasteiger partial charge in [0.15, 0.2) is 0 Å². The molecule has 0 saturated heterocycles. The monoisotopic (exact) mass is 350 g/mol. The van der Waals surface area contributed by atoms with E-state index in [1.807, 2.05) is 13.0 Å². The molecular formula is C24H30O2. The van der Waals surface area contributed by atoms with Crippen LogP contribution in [0.5, 0.6) is 0 Å². The molecule has 1 atom stereocenters. The first-order valence-corrected chi connectivity index (χ1v) is 10.2. The van der Waals surface area contributed by atoms with Crippen LogP contribution in [0.2, 0.25) is 0 Å². The van der Waals surface area contributed by atoms with Crippen LogP contribution in [0, 0.1) is 0 Å². The number of unbranched alkanes of at least 4 members (excludes halogenated alkanes) is 4. The van der Waals surface area contributed by atoms with E-state index in [2.05, 4.69) is 43.3 Å². The second kappa shape index (κ2) is 9.02. The quantitative estimate of drug-likeness (QED) is 0.369. The highest BCUT2D eigenvalue weighted by atomic mass is 16.5. The van der Waals surface area contributed by atoms with Gasteiger partial charge in [0.2, 0.25) is 0 Å². The van der Waals surface area contributed by atoms with Crippen molar-refractivity contribution in [2.24, 2.45) is 0 Å². The molecule has 0 heterocycles. The summed E-state index contributed by atoms with van der Waals surface area (Å²) in [5.41, 5.74) is 3.85. The van der Waals surface area contributed by atoms with Crippen LogP contribution in [0.1, 0.15) is 81.6 Å². The van der Waals surface area contributed by atoms with Gasteiger partial charge in [0.05, 0.1) is 0 Å². The topological polar surface area (TPSA) is 26.3 Å². The maximum absolute atomic E-state index is 12.0. The van der Waals surface area contributed by atoms with Gasteiger partial charge in [0.1, 0.15) is 6.10 Å². The smallest absolute Gasteiger partial charge is 0.306 e. The Hall–Kier alpha value is -2.09. The third kappa shape index (κ3) is 4.17. The van der Waals surface area contributed by atoms with Crippen molar-refractivity contribution >= 4 is 22.8 Å². The van der Waals surface area contributed by atoms with Crippen molar-refractivity contribution in [2.45, 2.75) is 71.3 Å². The number of esters is 1. The maximum Gasteiger partial charge on any atom is 0.306 e. The molecule has 0 aliphatic heterocycles. The molecule has 0 bridgehead atoms. The lowest BCUT2D eigenvalue weighted by Crippen LogP contribution is -2.12. The summed E-state index contributed by atoms with van der Waals surface area (Å²) in [5.74, 6) is -0.116.